The molecular weight excluding hydrogens is 201 g/mol. The zero-order chi connectivity index (χ0) is 9.14. The van der Waals surface area contributed by atoms with E-state index >= 15 is 0 Å². The predicted molar refractivity (Wildman–Crippen MR) is 48.2 cm³/mol. The number of nitrogens with zero attached hydrogens (tertiary/aromatic N) is 1. The lowest BCUT2D eigenvalue weighted by Crippen LogP contribution is -2.22. The summed E-state index contributed by atoms with van der Waals surface area (Å²) in [5, 5.41) is 18.3. The Morgan fingerprint density at radius 2 is 1.83 bits per heavy atom. The fraction of sp³-hybridized carbons (Fsp3) is 0.714. The predicted octanol–water partition coefficient (Wildman–Crippen LogP) is 0.343. The summed E-state index contributed by atoms with van der Waals surface area (Å²) in [6.07, 6.45) is 0.341. The summed E-state index contributed by atoms with van der Waals surface area (Å²) in [4.78, 5) is 1.88. The van der Waals surface area contributed by atoms with Crippen molar-refractivity contribution >= 4 is 23.2 Å². The van der Waals surface area contributed by atoms with Gasteiger partial charge in [-0.15, -0.1) is 0 Å². The van der Waals surface area contributed by atoms with Crippen LogP contribution >= 0.6 is 23.2 Å². The molecule has 0 aromatic heterocycles. The van der Waals surface area contributed by atoms with Gasteiger partial charge in [0.2, 0.25) is 0 Å². The van der Waals surface area contributed by atoms with E-state index < -0.39 is 12.2 Å². The summed E-state index contributed by atoms with van der Waals surface area (Å²) in [5.41, 5.74) is 0. The Bertz CT molecular complexity index is 172. The summed E-state index contributed by atoms with van der Waals surface area (Å²) in [6.45, 7) is 1.51. The normalized spacial score (nSPS) is 30.7. The highest BCUT2D eigenvalue weighted by atomic mass is 35.5. The first-order valence-electron chi connectivity index (χ1n) is 3.69. The Labute approximate surface area is 81.2 Å². The van der Waals surface area contributed by atoms with E-state index in [-0.39, 0.29) is 4.49 Å². The standard InChI is InChI=1S/C7H11Cl2NO2/c8-7(9)1-2-10-3-5(11)6(12)4-10/h1,5-6,11-12H,2-4H2. The van der Waals surface area contributed by atoms with Crippen LogP contribution in [-0.2, 0) is 0 Å². The highest BCUT2D eigenvalue weighted by molar-refractivity contribution is 6.55. The molecule has 2 atom stereocenters. The smallest absolute Gasteiger partial charge is 0.104 e. The average Bonchev–Trinajstić information content (AvgIpc) is 2.28. The van der Waals surface area contributed by atoms with Gasteiger partial charge in [-0.3, -0.25) is 4.90 Å². The molecule has 1 saturated heterocycles. The molecule has 0 amide bonds. The SMILES string of the molecule is OC1CN(CC=C(Cl)Cl)CC1O. The molecule has 12 heavy (non-hydrogen) atoms. The Balaban J connectivity index is 2.33. The van der Waals surface area contributed by atoms with Crippen LogP contribution < -0.4 is 0 Å². The summed E-state index contributed by atoms with van der Waals surface area (Å²) in [5.74, 6) is 0. The van der Waals surface area contributed by atoms with Gasteiger partial charge >= 0.3 is 0 Å². The van der Waals surface area contributed by atoms with E-state index in [0.717, 1.165) is 0 Å². The number of β-amino-alcohol motifs (C(OH)–C–C–N with tert-alkyl or cyclic N) is 2. The molecule has 0 aromatic rings. The van der Waals surface area contributed by atoms with Crippen LogP contribution in [0.1, 0.15) is 0 Å². The largest absolute Gasteiger partial charge is 0.389 e. The summed E-state index contributed by atoms with van der Waals surface area (Å²) < 4.78 is 0.214. The van der Waals surface area contributed by atoms with Crippen LogP contribution in [0, 0.1) is 0 Å². The second-order valence-corrected chi connectivity index (χ2v) is 3.85. The van der Waals surface area contributed by atoms with Gasteiger partial charge in [0.05, 0.1) is 12.2 Å². The van der Waals surface area contributed by atoms with E-state index in [9.17, 15) is 0 Å². The van der Waals surface area contributed by atoms with Crippen LogP contribution in [0.3, 0.4) is 0 Å². The number of halogens is 2. The maximum absolute atomic E-state index is 9.16. The van der Waals surface area contributed by atoms with Gasteiger partial charge in [0.15, 0.2) is 0 Å². The topological polar surface area (TPSA) is 43.7 Å². The lowest BCUT2D eigenvalue weighted by atomic mass is 10.3. The molecule has 3 nitrogen and oxygen atoms in total. The maximum Gasteiger partial charge on any atom is 0.104 e. The quantitative estimate of drug-likeness (QED) is 0.693. The third-order valence-corrected chi connectivity index (χ3v) is 2.15. The van der Waals surface area contributed by atoms with Gasteiger partial charge < -0.3 is 10.2 Å². The Morgan fingerprint density at radius 3 is 2.25 bits per heavy atom. The number of hydrogen-bond acceptors (Lipinski definition) is 3. The Morgan fingerprint density at radius 1 is 1.33 bits per heavy atom. The van der Waals surface area contributed by atoms with E-state index in [4.69, 9.17) is 33.4 Å². The van der Waals surface area contributed by atoms with Gasteiger partial charge in [-0.25, -0.2) is 0 Å². The zero-order valence-corrected chi connectivity index (χ0v) is 7.96. The number of rotatable bonds is 2. The highest BCUT2D eigenvalue weighted by Crippen LogP contribution is 2.11. The van der Waals surface area contributed by atoms with Crippen LogP contribution in [0.15, 0.2) is 10.6 Å². The minimum Gasteiger partial charge on any atom is -0.389 e. The second-order valence-electron chi connectivity index (χ2n) is 2.85. The zero-order valence-electron chi connectivity index (χ0n) is 6.45. The maximum atomic E-state index is 9.16. The van der Waals surface area contributed by atoms with Crippen molar-refractivity contribution in [3.05, 3.63) is 10.6 Å². The van der Waals surface area contributed by atoms with E-state index in [2.05, 4.69) is 0 Å². The van der Waals surface area contributed by atoms with Gasteiger partial charge in [-0.2, -0.15) is 0 Å². The molecular formula is C7H11Cl2NO2. The van der Waals surface area contributed by atoms with Crippen LogP contribution in [0.2, 0.25) is 0 Å². The van der Waals surface area contributed by atoms with E-state index in [0.29, 0.717) is 19.6 Å². The minimum absolute atomic E-state index is 0.214. The average molecular weight is 212 g/mol. The highest BCUT2D eigenvalue weighted by Gasteiger charge is 2.28. The van der Waals surface area contributed by atoms with Crippen molar-refractivity contribution in [2.45, 2.75) is 12.2 Å². The molecule has 1 rings (SSSR count). The number of hydrogen-bond donors (Lipinski definition) is 2. The van der Waals surface area contributed by atoms with Gasteiger partial charge in [0.1, 0.15) is 4.49 Å². The molecule has 0 saturated carbocycles. The van der Waals surface area contributed by atoms with Crippen LogP contribution in [0.25, 0.3) is 0 Å². The first kappa shape index (κ1) is 10.3. The molecule has 1 fully saturated rings. The van der Waals surface area contributed by atoms with Crippen LogP contribution in [-0.4, -0.2) is 47.0 Å². The molecule has 1 aliphatic rings. The van der Waals surface area contributed by atoms with Crippen molar-refractivity contribution in [1.82, 2.24) is 4.90 Å². The molecule has 1 heterocycles. The van der Waals surface area contributed by atoms with Crippen molar-refractivity contribution in [3.63, 3.8) is 0 Å². The van der Waals surface area contributed by atoms with Gasteiger partial charge in [-0.05, 0) is 6.08 Å². The monoisotopic (exact) mass is 211 g/mol. The fourth-order valence-corrected chi connectivity index (χ4v) is 1.33. The van der Waals surface area contributed by atoms with Crippen molar-refractivity contribution in [2.75, 3.05) is 19.6 Å². The number of aliphatic hydroxyl groups is 2. The molecule has 0 aromatic carbocycles. The Hall–Kier alpha value is 0.200. The van der Waals surface area contributed by atoms with Crippen molar-refractivity contribution in [1.29, 1.82) is 0 Å². The molecule has 2 unspecified atom stereocenters. The molecule has 0 aliphatic carbocycles. The Kier molecular flexibility index (Phi) is 3.80. The first-order valence-corrected chi connectivity index (χ1v) is 4.45. The first-order chi connectivity index (χ1) is 5.59. The van der Waals surface area contributed by atoms with E-state index in [1.807, 2.05) is 4.90 Å². The molecule has 5 heteroatoms. The van der Waals surface area contributed by atoms with Gasteiger partial charge in [0.25, 0.3) is 0 Å². The van der Waals surface area contributed by atoms with Crippen LogP contribution in [0.5, 0.6) is 0 Å². The molecule has 70 valence electrons. The molecule has 0 spiro atoms. The van der Waals surface area contributed by atoms with E-state index in [1.54, 1.807) is 6.08 Å². The lowest BCUT2D eigenvalue weighted by Gasteiger charge is -2.10. The van der Waals surface area contributed by atoms with Crippen molar-refractivity contribution in [2.24, 2.45) is 0 Å². The summed E-state index contributed by atoms with van der Waals surface area (Å²) in [6, 6.07) is 0. The molecule has 0 bridgehead atoms. The number of likely N-dealkylation sites (tertiary alicyclic amines) is 1. The second kappa shape index (κ2) is 4.44. The lowest BCUT2D eigenvalue weighted by molar-refractivity contribution is 0.0572. The summed E-state index contributed by atoms with van der Waals surface area (Å²) in [7, 11) is 0. The molecule has 1 aliphatic heterocycles. The fourth-order valence-electron chi connectivity index (χ4n) is 1.19. The molecule has 2 N–H and O–H groups in total. The minimum atomic E-state index is -0.646. The van der Waals surface area contributed by atoms with Crippen LogP contribution in [0.4, 0.5) is 0 Å². The summed E-state index contributed by atoms with van der Waals surface area (Å²) >= 11 is 10.8. The van der Waals surface area contributed by atoms with Crippen molar-refractivity contribution in [3.8, 4) is 0 Å². The third kappa shape index (κ3) is 2.92. The van der Waals surface area contributed by atoms with Crippen molar-refractivity contribution < 1.29 is 10.2 Å². The van der Waals surface area contributed by atoms with Gasteiger partial charge in [0, 0.05) is 19.6 Å². The number of aliphatic hydroxyl groups excluding tert-OH is 2. The molecule has 0 radical (unpaired) electrons. The van der Waals surface area contributed by atoms with E-state index in [1.165, 1.54) is 0 Å². The van der Waals surface area contributed by atoms with Gasteiger partial charge in [-0.1, -0.05) is 23.2 Å². The third-order valence-electron chi connectivity index (χ3n) is 1.84.